The van der Waals surface area contributed by atoms with Crippen molar-refractivity contribution in [3.8, 4) is 0 Å². The largest absolute Gasteiger partial charge is 0.306 e. The van der Waals surface area contributed by atoms with E-state index in [1.807, 2.05) is 19.2 Å². The van der Waals surface area contributed by atoms with Crippen LogP contribution in [0.5, 0.6) is 0 Å². The van der Waals surface area contributed by atoms with Crippen LogP contribution in [-0.2, 0) is 13.1 Å². The first-order valence-corrected chi connectivity index (χ1v) is 6.30. The Morgan fingerprint density at radius 2 is 2.20 bits per heavy atom. The summed E-state index contributed by atoms with van der Waals surface area (Å²) in [6.07, 6.45) is 0. The Morgan fingerprint density at radius 1 is 1.33 bits per heavy atom. The van der Waals surface area contributed by atoms with Crippen molar-refractivity contribution in [1.82, 2.24) is 19.9 Å². The molecule has 15 heavy (non-hydrogen) atoms. The first-order valence-electron chi connectivity index (χ1n) is 4.65. The van der Waals surface area contributed by atoms with Gasteiger partial charge in [-0.15, -0.1) is 16.4 Å². The zero-order chi connectivity index (χ0) is 10.7. The lowest BCUT2D eigenvalue weighted by Crippen LogP contribution is -2.12. The molecule has 0 amide bonds. The lowest BCUT2D eigenvalue weighted by molar-refractivity contribution is 0.681. The summed E-state index contributed by atoms with van der Waals surface area (Å²) in [5.41, 5.74) is 2.13. The molecular weight excluding hydrogens is 228 g/mol. The molecule has 2 aromatic heterocycles. The van der Waals surface area contributed by atoms with Crippen LogP contribution in [0.2, 0.25) is 0 Å². The highest BCUT2D eigenvalue weighted by Crippen LogP contribution is 2.16. The molecule has 80 valence electrons. The molecule has 0 atom stereocenters. The zero-order valence-electron chi connectivity index (χ0n) is 8.65. The van der Waals surface area contributed by atoms with Crippen LogP contribution in [0.25, 0.3) is 0 Å². The van der Waals surface area contributed by atoms with Gasteiger partial charge in [-0.3, -0.25) is 0 Å². The summed E-state index contributed by atoms with van der Waals surface area (Å²) in [5, 5.41) is 10.4. The summed E-state index contributed by atoms with van der Waals surface area (Å²) in [5.74, 6) is 0. The highest BCUT2D eigenvalue weighted by molar-refractivity contribution is 7.11. The highest BCUT2D eigenvalue weighted by Gasteiger charge is 2.04. The summed E-state index contributed by atoms with van der Waals surface area (Å²) >= 11 is 3.13. The molecule has 2 heterocycles. The Labute approximate surface area is 96.5 Å². The number of aryl methyl sites for hydroxylation is 2. The fourth-order valence-electron chi connectivity index (χ4n) is 1.30. The molecule has 4 nitrogen and oxygen atoms in total. The molecule has 0 fully saturated rings. The van der Waals surface area contributed by atoms with Gasteiger partial charge in [-0.05, 0) is 25.4 Å². The molecule has 0 radical (unpaired) electrons. The summed E-state index contributed by atoms with van der Waals surface area (Å²) in [7, 11) is 0. The van der Waals surface area contributed by atoms with E-state index in [-0.39, 0.29) is 0 Å². The second kappa shape index (κ2) is 4.78. The Kier molecular flexibility index (Phi) is 3.40. The van der Waals surface area contributed by atoms with Crippen LogP contribution in [0.4, 0.5) is 0 Å². The van der Waals surface area contributed by atoms with E-state index in [4.69, 9.17) is 0 Å². The maximum atomic E-state index is 4.38. The molecule has 6 heteroatoms. The van der Waals surface area contributed by atoms with Crippen molar-refractivity contribution in [3.05, 3.63) is 26.7 Å². The lowest BCUT2D eigenvalue weighted by Gasteiger charge is -1.99. The zero-order valence-corrected chi connectivity index (χ0v) is 10.3. The average Bonchev–Trinajstić information content (AvgIpc) is 2.77. The number of thiazole rings is 1. The van der Waals surface area contributed by atoms with Crippen molar-refractivity contribution in [2.75, 3.05) is 0 Å². The number of hydrogen-bond acceptors (Lipinski definition) is 6. The van der Waals surface area contributed by atoms with E-state index in [0.717, 1.165) is 29.5 Å². The number of hydrogen-bond donors (Lipinski definition) is 1. The first kappa shape index (κ1) is 10.7. The molecule has 0 saturated carbocycles. The van der Waals surface area contributed by atoms with Crippen molar-refractivity contribution in [2.45, 2.75) is 26.9 Å². The molecule has 0 aromatic carbocycles. The van der Waals surface area contributed by atoms with E-state index >= 15 is 0 Å². The van der Waals surface area contributed by atoms with Crippen LogP contribution in [0.15, 0.2) is 5.38 Å². The van der Waals surface area contributed by atoms with Crippen LogP contribution < -0.4 is 5.32 Å². The highest BCUT2D eigenvalue weighted by atomic mass is 32.1. The summed E-state index contributed by atoms with van der Waals surface area (Å²) in [6.45, 7) is 5.71. The van der Waals surface area contributed by atoms with Gasteiger partial charge in [0.05, 0.1) is 16.4 Å². The minimum Gasteiger partial charge on any atom is -0.306 e. The molecule has 0 aliphatic rings. The van der Waals surface area contributed by atoms with Crippen molar-refractivity contribution in [1.29, 1.82) is 0 Å². The first-order chi connectivity index (χ1) is 7.25. The summed E-state index contributed by atoms with van der Waals surface area (Å²) < 4.78 is 3.81. The number of rotatable bonds is 4. The van der Waals surface area contributed by atoms with Gasteiger partial charge in [0.2, 0.25) is 0 Å². The third-order valence-electron chi connectivity index (χ3n) is 2.00. The maximum Gasteiger partial charge on any atom is 0.0900 e. The maximum absolute atomic E-state index is 4.38. The van der Waals surface area contributed by atoms with E-state index < -0.39 is 0 Å². The van der Waals surface area contributed by atoms with E-state index in [2.05, 4.69) is 19.9 Å². The van der Waals surface area contributed by atoms with Crippen molar-refractivity contribution in [2.24, 2.45) is 0 Å². The second-order valence-corrected chi connectivity index (χ2v) is 5.14. The molecule has 1 N–H and O–H groups in total. The van der Waals surface area contributed by atoms with Gasteiger partial charge < -0.3 is 5.32 Å². The van der Waals surface area contributed by atoms with Crippen molar-refractivity contribution >= 4 is 22.9 Å². The third kappa shape index (κ3) is 2.80. The minimum atomic E-state index is 0.771. The predicted octanol–water partition coefficient (Wildman–Crippen LogP) is 1.90. The molecule has 2 aromatic rings. The average molecular weight is 240 g/mol. The lowest BCUT2D eigenvalue weighted by atomic mass is 10.4. The van der Waals surface area contributed by atoms with Gasteiger partial charge in [0.15, 0.2) is 0 Å². The standard InChI is InChI=1S/C9H12N4S2/c1-6-9(15-7(2)11-6)4-10-3-8-5-14-13-12-8/h5,10H,3-4H2,1-2H3. The smallest absolute Gasteiger partial charge is 0.0900 e. The van der Waals surface area contributed by atoms with Crippen LogP contribution in [-0.4, -0.2) is 14.6 Å². The van der Waals surface area contributed by atoms with Crippen LogP contribution >= 0.6 is 22.9 Å². The number of nitrogens with zero attached hydrogens (tertiary/aromatic N) is 3. The van der Waals surface area contributed by atoms with Gasteiger partial charge in [-0.25, -0.2) is 4.98 Å². The monoisotopic (exact) mass is 240 g/mol. The van der Waals surface area contributed by atoms with E-state index in [0.29, 0.717) is 0 Å². The predicted molar refractivity (Wildman–Crippen MR) is 62.0 cm³/mol. The Hall–Kier alpha value is -0.850. The van der Waals surface area contributed by atoms with E-state index in [1.165, 1.54) is 16.4 Å². The summed E-state index contributed by atoms with van der Waals surface area (Å²) in [6, 6.07) is 0. The quantitative estimate of drug-likeness (QED) is 0.887. The van der Waals surface area contributed by atoms with Gasteiger partial charge in [0.1, 0.15) is 0 Å². The molecule has 0 saturated heterocycles. The Morgan fingerprint density at radius 3 is 2.80 bits per heavy atom. The number of aromatic nitrogens is 3. The topological polar surface area (TPSA) is 50.7 Å². The van der Waals surface area contributed by atoms with E-state index in [1.54, 1.807) is 11.3 Å². The molecule has 0 bridgehead atoms. The van der Waals surface area contributed by atoms with Gasteiger partial charge in [-0.2, -0.15) is 0 Å². The molecule has 0 spiro atoms. The van der Waals surface area contributed by atoms with Crippen LogP contribution in [0.3, 0.4) is 0 Å². The van der Waals surface area contributed by atoms with Crippen molar-refractivity contribution in [3.63, 3.8) is 0 Å². The van der Waals surface area contributed by atoms with E-state index in [9.17, 15) is 0 Å². The SMILES string of the molecule is Cc1nc(C)c(CNCc2csnn2)s1. The Balaban J connectivity index is 1.86. The van der Waals surface area contributed by atoms with Crippen molar-refractivity contribution < 1.29 is 0 Å². The second-order valence-electron chi connectivity index (χ2n) is 3.24. The molecule has 0 aliphatic carbocycles. The van der Waals surface area contributed by atoms with Crippen LogP contribution in [0, 0.1) is 13.8 Å². The van der Waals surface area contributed by atoms with Crippen LogP contribution in [0.1, 0.15) is 21.3 Å². The van der Waals surface area contributed by atoms with Gasteiger partial charge >= 0.3 is 0 Å². The van der Waals surface area contributed by atoms with Gasteiger partial charge in [0.25, 0.3) is 0 Å². The molecule has 2 rings (SSSR count). The number of nitrogens with one attached hydrogen (secondary N) is 1. The minimum absolute atomic E-state index is 0.771. The fraction of sp³-hybridized carbons (Fsp3) is 0.444. The normalized spacial score (nSPS) is 10.8. The molecule has 0 aliphatic heterocycles. The third-order valence-corrected chi connectivity index (χ3v) is 3.62. The fourth-order valence-corrected chi connectivity index (χ4v) is 2.66. The molecule has 0 unspecified atom stereocenters. The van der Waals surface area contributed by atoms with Gasteiger partial charge in [0, 0.05) is 23.3 Å². The Bertz CT molecular complexity index is 421. The van der Waals surface area contributed by atoms with Gasteiger partial charge in [-0.1, -0.05) is 4.49 Å². The molecular formula is C9H12N4S2. The summed E-state index contributed by atoms with van der Waals surface area (Å²) in [4.78, 5) is 5.68.